The molecule has 0 radical (unpaired) electrons. The maximum absolute atomic E-state index is 12.7. The van der Waals surface area contributed by atoms with Crippen molar-refractivity contribution in [2.45, 2.75) is 13.5 Å². The van der Waals surface area contributed by atoms with Gasteiger partial charge in [-0.15, -0.1) is 0 Å². The van der Waals surface area contributed by atoms with Gasteiger partial charge in [-0.2, -0.15) is 0 Å². The van der Waals surface area contributed by atoms with Gasteiger partial charge >= 0.3 is 0 Å². The summed E-state index contributed by atoms with van der Waals surface area (Å²) in [5.41, 5.74) is 3.31. The quantitative estimate of drug-likeness (QED) is 0.401. The molecule has 3 aromatic rings. The molecule has 0 unspecified atom stereocenters. The minimum Gasteiger partial charge on any atom is -0.489 e. The molecule has 0 spiro atoms. The lowest BCUT2D eigenvalue weighted by atomic mass is 10.0. The molecular weight excluding hydrogens is 419 g/mol. The first-order valence-corrected chi connectivity index (χ1v) is 10.1. The van der Waals surface area contributed by atoms with Crippen LogP contribution in [0.4, 0.5) is 0 Å². The molecule has 0 saturated carbocycles. The highest BCUT2D eigenvalue weighted by atomic mass is 35.5. The number of ether oxygens (including phenoxy) is 2. The number of hydrogen-bond donors (Lipinski definition) is 0. The highest BCUT2D eigenvalue weighted by molar-refractivity contribution is 6.42. The zero-order valence-corrected chi connectivity index (χ0v) is 17.7. The second kappa shape index (κ2) is 8.78. The minimum atomic E-state index is -0.128. The molecule has 3 nitrogen and oxygen atoms in total. The molecule has 150 valence electrons. The molecule has 0 saturated heterocycles. The van der Waals surface area contributed by atoms with Crippen molar-refractivity contribution in [3.63, 3.8) is 0 Å². The highest BCUT2D eigenvalue weighted by Crippen LogP contribution is 2.37. The van der Waals surface area contributed by atoms with Crippen LogP contribution >= 0.6 is 23.2 Å². The molecule has 1 heterocycles. The van der Waals surface area contributed by atoms with Gasteiger partial charge in [0.25, 0.3) is 0 Å². The van der Waals surface area contributed by atoms with E-state index in [2.05, 4.69) is 0 Å². The van der Waals surface area contributed by atoms with Gasteiger partial charge in [0.1, 0.15) is 18.1 Å². The third-order valence-electron chi connectivity index (χ3n) is 4.67. The Morgan fingerprint density at radius 3 is 2.57 bits per heavy atom. The number of carbonyl (C=O) groups is 1. The fraction of sp³-hybridized carbons (Fsp3) is 0.0800. The van der Waals surface area contributed by atoms with Gasteiger partial charge in [0, 0.05) is 6.07 Å². The Balaban J connectivity index is 1.50. The molecular formula is C25H18Cl2O3. The molecule has 0 amide bonds. The lowest BCUT2D eigenvalue weighted by Gasteiger charge is -2.10. The van der Waals surface area contributed by atoms with Crippen molar-refractivity contribution in [2.75, 3.05) is 0 Å². The lowest BCUT2D eigenvalue weighted by Crippen LogP contribution is -1.99. The van der Waals surface area contributed by atoms with Gasteiger partial charge in [0.05, 0.1) is 15.6 Å². The monoisotopic (exact) mass is 436 g/mol. The van der Waals surface area contributed by atoms with Crippen molar-refractivity contribution in [1.82, 2.24) is 0 Å². The standard InChI is InChI=1S/C25H18Cl2O3/c1-16-12-19(29-15-18-10-11-20(26)21(27)13-18)14-23-24(16)25(28)22(30-23)9-5-8-17-6-3-2-4-7-17/h2-14H,15H2,1H3/b8-5+,22-9-. The largest absolute Gasteiger partial charge is 0.489 e. The molecule has 30 heavy (non-hydrogen) atoms. The molecule has 0 atom stereocenters. The Morgan fingerprint density at radius 2 is 1.80 bits per heavy atom. The van der Waals surface area contributed by atoms with Gasteiger partial charge in [-0.25, -0.2) is 0 Å². The Kier molecular flexibility index (Phi) is 5.93. The minimum absolute atomic E-state index is 0.128. The van der Waals surface area contributed by atoms with Gasteiger partial charge in [-0.3, -0.25) is 4.79 Å². The molecule has 1 aliphatic heterocycles. The second-order valence-electron chi connectivity index (χ2n) is 6.88. The zero-order chi connectivity index (χ0) is 21.1. The van der Waals surface area contributed by atoms with E-state index in [-0.39, 0.29) is 5.78 Å². The van der Waals surface area contributed by atoms with Gasteiger partial charge in [-0.1, -0.05) is 71.8 Å². The number of benzene rings is 3. The maximum atomic E-state index is 12.7. The molecule has 5 heteroatoms. The predicted molar refractivity (Wildman–Crippen MR) is 120 cm³/mol. The predicted octanol–water partition coefficient (Wildman–Crippen LogP) is 7.05. The summed E-state index contributed by atoms with van der Waals surface area (Å²) in [6.45, 7) is 2.19. The molecule has 0 aromatic heterocycles. The molecule has 0 fully saturated rings. The summed E-state index contributed by atoms with van der Waals surface area (Å²) in [4.78, 5) is 12.7. The summed E-state index contributed by atoms with van der Waals surface area (Å²) in [6, 6.07) is 18.8. The van der Waals surface area contributed by atoms with Crippen LogP contribution in [0.5, 0.6) is 11.5 Å². The van der Waals surface area contributed by atoms with E-state index in [0.717, 1.165) is 16.7 Å². The number of carbonyl (C=O) groups excluding carboxylic acids is 1. The van der Waals surface area contributed by atoms with Crippen LogP contribution in [-0.2, 0) is 6.61 Å². The fourth-order valence-corrected chi connectivity index (χ4v) is 3.50. The third-order valence-corrected chi connectivity index (χ3v) is 5.41. The summed E-state index contributed by atoms with van der Waals surface area (Å²) in [5, 5.41) is 0.983. The maximum Gasteiger partial charge on any atom is 0.232 e. The van der Waals surface area contributed by atoms with Crippen molar-refractivity contribution < 1.29 is 14.3 Å². The topological polar surface area (TPSA) is 35.5 Å². The van der Waals surface area contributed by atoms with Crippen molar-refractivity contribution >= 4 is 35.1 Å². The van der Waals surface area contributed by atoms with Crippen LogP contribution in [0.15, 0.2) is 78.6 Å². The van der Waals surface area contributed by atoms with E-state index in [1.807, 2.05) is 61.5 Å². The Morgan fingerprint density at radius 1 is 1.00 bits per heavy atom. The lowest BCUT2D eigenvalue weighted by molar-refractivity contribution is 0.101. The number of aryl methyl sites for hydroxylation is 1. The van der Waals surface area contributed by atoms with Crippen LogP contribution in [0, 0.1) is 6.92 Å². The number of ketones is 1. The van der Waals surface area contributed by atoms with Crippen LogP contribution in [0.1, 0.15) is 27.0 Å². The van der Waals surface area contributed by atoms with Crippen molar-refractivity contribution in [2.24, 2.45) is 0 Å². The summed E-state index contributed by atoms with van der Waals surface area (Å²) in [5.74, 6) is 1.29. The van der Waals surface area contributed by atoms with Gasteiger partial charge in [0.2, 0.25) is 5.78 Å². The zero-order valence-electron chi connectivity index (χ0n) is 16.2. The molecule has 4 rings (SSSR count). The number of fused-ring (bicyclic) bond motifs is 1. The summed E-state index contributed by atoms with van der Waals surface area (Å²) in [6.07, 6.45) is 5.42. The molecule has 1 aliphatic rings. The Hall–Kier alpha value is -3.01. The van der Waals surface area contributed by atoms with Gasteiger partial charge in [-0.05, 0) is 47.9 Å². The summed E-state index contributed by atoms with van der Waals surface area (Å²) in [7, 11) is 0. The van der Waals surface area contributed by atoms with E-state index in [1.165, 1.54) is 0 Å². The van der Waals surface area contributed by atoms with Crippen LogP contribution < -0.4 is 9.47 Å². The summed E-state index contributed by atoms with van der Waals surface area (Å²) < 4.78 is 11.7. The van der Waals surface area contributed by atoms with Crippen LogP contribution in [-0.4, -0.2) is 5.78 Å². The average molecular weight is 437 g/mol. The van der Waals surface area contributed by atoms with E-state index in [1.54, 1.807) is 24.3 Å². The number of Topliss-reactive ketones (excluding diaryl/α,β-unsaturated/α-hetero) is 1. The molecule has 0 N–H and O–H groups in total. The average Bonchev–Trinajstić information content (AvgIpc) is 3.05. The smallest absolute Gasteiger partial charge is 0.232 e. The van der Waals surface area contributed by atoms with Crippen molar-refractivity contribution in [1.29, 1.82) is 0 Å². The number of rotatable bonds is 5. The fourth-order valence-electron chi connectivity index (χ4n) is 3.18. The first kappa shape index (κ1) is 20.3. The Bertz CT molecular complexity index is 1160. The van der Waals surface area contributed by atoms with Crippen LogP contribution in [0.2, 0.25) is 10.0 Å². The third kappa shape index (κ3) is 4.43. The second-order valence-corrected chi connectivity index (χ2v) is 7.70. The first-order valence-electron chi connectivity index (χ1n) is 9.38. The van der Waals surface area contributed by atoms with Crippen molar-refractivity contribution in [3.8, 4) is 11.5 Å². The summed E-state index contributed by atoms with van der Waals surface area (Å²) >= 11 is 12.0. The Labute approximate surface area is 185 Å². The van der Waals surface area contributed by atoms with E-state index in [4.69, 9.17) is 32.7 Å². The van der Waals surface area contributed by atoms with E-state index in [9.17, 15) is 4.79 Å². The van der Waals surface area contributed by atoms with E-state index in [0.29, 0.717) is 39.5 Å². The van der Waals surface area contributed by atoms with Crippen LogP contribution in [0.25, 0.3) is 6.08 Å². The van der Waals surface area contributed by atoms with E-state index < -0.39 is 0 Å². The van der Waals surface area contributed by atoms with Crippen LogP contribution in [0.3, 0.4) is 0 Å². The highest BCUT2D eigenvalue weighted by Gasteiger charge is 2.29. The molecule has 0 aliphatic carbocycles. The number of halogens is 2. The number of hydrogen-bond acceptors (Lipinski definition) is 3. The molecule has 0 bridgehead atoms. The van der Waals surface area contributed by atoms with Crippen molar-refractivity contribution in [3.05, 3.63) is 111 Å². The van der Waals surface area contributed by atoms with Gasteiger partial charge in [0.15, 0.2) is 5.76 Å². The van der Waals surface area contributed by atoms with E-state index >= 15 is 0 Å². The molecule has 3 aromatic carbocycles. The first-order chi connectivity index (χ1) is 14.5. The SMILES string of the molecule is Cc1cc(OCc2ccc(Cl)c(Cl)c2)cc2c1C(=O)/C(=C/C=C/c1ccccc1)O2. The van der Waals surface area contributed by atoms with Gasteiger partial charge < -0.3 is 9.47 Å². The normalized spacial score (nSPS) is 14.2. The number of allylic oxidation sites excluding steroid dienone is 3.